The smallest absolute Gasteiger partial charge is 0.223 e. The maximum atomic E-state index is 11.8. The lowest BCUT2D eigenvalue weighted by Gasteiger charge is -2.25. The summed E-state index contributed by atoms with van der Waals surface area (Å²) in [6.07, 6.45) is 5.72. The molecule has 2 heteroatoms. The summed E-state index contributed by atoms with van der Waals surface area (Å²) in [6.45, 7) is 7.51. The molecule has 0 spiro atoms. The Hall–Kier alpha value is -0.530. The van der Waals surface area contributed by atoms with Gasteiger partial charge in [0.2, 0.25) is 5.91 Å². The van der Waals surface area contributed by atoms with Crippen LogP contribution in [0.5, 0.6) is 0 Å². The van der Waals surface area contributed by atoms with Crippen molar-refractivity contribution >= 4 is 5.91 Å². The summed E-state index contributed by atoms with van der Waals surface area (Å²) in [5, 5.41) is 3.06. The predicted molar refractivity (Wildman–Crippen MR) is 63.6 cm³/mol. The Balaban J connectivity index is 2.17. The van der Waals surface area contributed by atoms with Crippen LogP contribution in [0.3, 0.4) is 0 Å². The van der Waals surface area contributed by atoms with Crippen molar-refractivity contribution in [1.82, 2.24) is 5.32 Å². The Bertz CT molecular complexity index is 193. The van der Waals surface area contributed by atoms with Crippen LogP contribution in [0.4, 0.5) is 0 Å². The van der Waals surface area contributed by atoms with Crippen LogP contribution in [0.1, 0.15) is 52.9 Å². The zero-order chi connectivity index (χ0) is 11.3. The lowest BCUT2D eigenvalue weighted by molar-refractivity contribution is -0.126. The van der Waals surface area contributed by atoms with Crippen LogP contribution >= 0.6 is 0 Å². The fraction of sp³-hybridized carbons (Fsp3) is 0.923. The lowest BCUT2D eigenvalue weighted by Crippen LogP contribution is -2.33. The number of hydrogen-bond acceptors (Lipinski definition) is 1. The van der Waals surface area contributed by atoms with Gasteiger partial charge in [-0.3, -0.25) is 4.79 Å². The monoisotopic (exact) mass is 211 g/mol. The fourth-order valence-electron chi connectivity index (χ4n) is 2.15. The van der Waals surface area contributed by atoms with E-state index in [9.17, 15) is 4.79 Å². The highest BCUT2D eigenvalue weighted by Crippen LogP contribution is 2.28. The molecule has 0 bridgehead atoms. The van der Waals surface area contributed by atoms with Gasteiger partial charge in [0.1, 0.15) is 0 Å². The van der Waals surface area contributed by atoms with Crippen molar-refractivity contribution in [3.63, 3.8) is 0 Å². The van der Waals surface area contributed by atoms with Crippen molar-refractivity contribution in [2.45, 2.75) is 52.9 Å². The Morgan fingerprint density at radius 3 is 2.40 bits per heavy atom. The van der Waals surface area contributed by atoms with Crippen molar-refractivity contribution in [2.75, 3.05) is 6.54 Å². The molecule has 88 valence electrons. The molecular weight excluding hydrogens is 186 g/mol. The lowest BCUT2D eigenvalue weighted by atomic mass is 9.82. The minimum Gasteiger partial charge on any atom is -0.356 e. The first kappa shape index (κ1) is 12.5. The van der Waals surface area contributed by atoms with Gasteiger partial charge in [0.25, 0.3) is 0 Å². The molecule has 0 aromatic rings. The van der Waals surface area contributed by atoms with Crippen LogP contribution in [0.15, 0.2) is 0 Å². The number of carbonyl (C=O) groups is 1. The SMILES string of the molecule is CC(C)CCNC(=O)C1CCC(C)CC1. The largest absolute Gasteiger partial charge is 0.356 e. The average Bonchev–Trinajstić information content (AvgIpc) is 2.18. The molecular formula is C13H25NO. The van der Waals surface area contributed by atoms with Gasteiger partial charge in [-0.2, -0.15) is 0 Å². The molecule has 1 aliphatic rings. The van der Waals surface area contributed by atoms with E-state index in [1.807, 2.05) is 0 Å². The van der Waals surface area contributed by atoms with Crippen LogP contribution in [-0.2, 0) is 4.79 Å². The highest BCUT2D eigenvalue weighted by Gasteiger charge is 2.23. The van der Waals surface area contributed by atoms with Crippen LogP contribution in [-0.4, -0.2) is 12.5 Å². The van der Waals surface area contributed by atoms with E-state index in [4.69, 9.17) is 0 Å². The molecule has 1 saturated carbocycles. The number of carbonyl (C=O) groups excluding carboxylic acids is 1. The molecule has 0 radical (unpaired) electrons. The van der Waals surface area contributed by atoms with Crippen LogP contribution < -0.4 is 5.32 Å². The summed E-state index contributed by atoms with van der Waals surface area (Å²) in [5.74, 6) is 2.09. The summed E-state index contributed by atoms with van der Waals surface area (Å²) < 4.78 is 0. The van der Waals surface area contributed by atoms with Crippen molar-refractivity contribution in [3.8, 4) is 0 Å². The van der Waals surface area contributed by atoms with Crippen molar-refractivity contribution < 1.29 is 4.79 Å². The van der Waals surface area contributed by atoms with Gasteiger partial charge >= 0.3 is 0 Å². The summed E-state index contributed by atoms with van der Waals surface area (Å²) >= 11 is 0. The molecule has 1 amide bonds. The molecule has 15 heavy (non-hydrogen) atoms. The zero-order valence-corrected chi connectivity index (χ0v) is 10.4. The molecule has 0 atom stereocenters. The number of rotatable bonds is 4. The molecule has 0 heterocycles. The third-order valence-corrected chi connectivity index (χ3v) is 3.41. The van der Waals surface area contributed by atoms with E-state index >= 15 is 0 Å². The second kappa shape index (κ2) is 6.14. The first-order valence-corrected chi connectivity index (χ1v) is 6.37. The molecule has 0 aromatic carbocycles. The Labute approximate surface area is 93.8 Å². The van der Waals surface area contributed by atoms with E-state index in [1.165, 1.54) is 12.8 Å². The van der Waals surface area contributed by atoms with E-state index in [-0.39, 0.29) is 0 Å². The molecule has 0 saturated heterocycles. The molecule has 2 nitrogen and oxygen atoms in total. The average molecular weight is 211 g/mol. The molecule has 0 aliphatic heterocycles. The number of amides is 1. The topological polar surface area (TPSA) is 29.1 Å². The van der Waals surface area contributed by atoms with Gasteiger partial charge in [-0.1, -0.05) is 20.8 Å². The van der Waals surface area contributed by atoms with Gasteiger partial charge in [-0.15, -0.1) is 0 Å². The second-order valence-corrected chi connectivity index (χ2v) is 5.43. The van der Waals surface area contributed by atoms with E-state index < -0.39 is 0 Å². The number of nitrogens with one attached hydrogen (secondary N) is 1. The predicted octanol–water partition coefficient (Wildman–Crippen LogP) is 2.98. The van der Waals surface area contributed by atoms with Gasteiger partial charge < -0.3 is 5.32 Å². The van der Waals surface area contributed by atoms with E-state index in [0.717, 1.165) is 31.7 Å². The van der Waals surface area contributed by atoms with Gasteiger partial charge in [0.15, 0.2) is 0 Å². The molecule has 0 aromatic heterocycles. The van der Waals surface area contributed by atoms with E-state index in [0.29, 0.717) is 17.7 Å². The first-order valence-electron chi connectivity index (χ1n) is 6.37. The summed E-state index contributed by atoms with van der Waals surface area (Å²) in [4.78, 5) is 11.8. The van der Waals surface area contributed by atoms with Gasteiger partial charge in [-0.25, -0.2) is 0 Å². The minimum absolute atomic E-state index is 0.294. The molecule has 1 N–H and O–H groups in total. The highest BCUT2D eigenvalue weighted by atomic mass is 16.1. The van der Waals surface area contributed by atoms with Gasteiger partial charge in [0.05, 0.1) is 0 Å². The maximum Gasteiger partial charge on any atom is 0.223 e. The third kappa shape index (κ3) is 4.67. The fourth-order valence-corrected chi connectivity index (χ4v) is 2.15. The van der Waals surface area contributed by atoms with Crippen LogP contribution in [0.25, 0.3) is 0 Å². The highest BCUT2D eigenvalue weighted by molar-refractivity contribution is 5.78. The van der Waals surface area contributed by atoms with E-state index in [1.54, 1.807) is 0 Å². The Kier molecular flexibility index (Phi) is 5.13. The van der Waals surface area contributed by atoms with Gasteiger partial charge in [0, 0.05) is 12.5 Å². The second-order valence-electron chi connectivity index (χ2n) is 5.43. The number of hydrogen-bond donors (Lipinski definition) is 1. The van der Waals surface area contributed by atoms with Crippen molar-refractivity contribution in [3.05, 3.63) is 0 Å². The van der Waals surface area contributed by atoms with Gasteiger partial charge in [-0.05, 0) is 43.9 Å². The maximum absolute atomic E-state index is 11.8. The summed E-state index contributed by atoms with van der Waals surface area (Å²) in [5.41, 5.74) is 0. The normalized spacial score (nSPS) is 26.7. The standard InChI is InChI=1S/C13H25NO/c1-10(2)8-9-14-13(15)12-6-4-11(3)5-7-12/h10-12H,4-9H2,1-3H3,(H,14,15). The van der Waals surface area contributed by atoms with Crippen LogP contribution in [0, 0.1) is 17.8 Å². The Morgan fingerprint density at radius 1 is 1.27 bits per heavy atom. The molecule has 1 fully saturated rings. The first-order chi connectivity index (χ1) is 7.09. The third-order valence-electron chi connectivity index (χ3n) is 3.41. The van der Waals surface area contributed by atoms with E-state index in [2.05, 4.69) is 26.1 Å². The minimum atomic E-state index is 0.294. The summed E-state index contributed by atoms with van der Waals surface area (Å²) in [6, 6.07) is 0. The van der Waals surface area contributed by atoms with Crippen molar-refractivity contribution in [2.24, 2.45) is 17.8 Å². The zero-order valence-electron chi connectivity index (χ0n) is 10.4. The van der Waals surface area contributed by atoms with Crippen LogP contribution in [0.2, 0.25) is 0 Å². The van der Waals surface area contributed by atoms with Crippen molar-refractivity contribution in [1.29, 1.82) is 0 Å². The molecule has 0 unspecified atom stereocenters. The quantitative estimate of drug-likeness (QED) is 0.761. The molecule has 1 aliphatic carbocycles. The summed E-state index contributed by atoms with van der Waals surface area (Å²) in [7, 11) is 0. The Morgan fingerprint density at radius 2 is 1.87 bits per heavy atom. The molecule has 1 rings (SSSR count).